The highest BCUT2D eigenvalue weighted by molar-refractivity contribution is 7.92. The van der Waals surface area contributed by atoms with Gasteiger partial charge in [-0.1, -0.05) is 0 Å². The summed E-state index contributed by atoms with van der Waals surface area (Å²) in [5.41, 5.74) is 0.131. The van der Waals surface area contributed by atoms with E-state index >= 15 is 0 Å². The maximum absolute atomic E-state index is 14.9. The summed E-state index contributed by atoms with van der Waals surface area (Å²) in [6.07, 6.45) is -1.77. The van der Waals surface area contributed by atoms with Crippen molar-refractivity contribution < 1.29 is 39.8 Å². The van der Waals surface area contributed by atoms with Crippen LogP contribution >= 0.6 is 0 Å². The van der Waals surface area contributed by atoms with Crippen molar-refractivity contribution >= 4 is 32.6 Å². The zero-order valence-electron chi connectivity index (χ0n) is 24.0. The summed E-state index contributed by atoms with van der Waals surface area (Å²) in [7, 11) is -1.23. The number of alkyl halides is 3. The van der Waals surface area contributed by atoms with E-state index in [0.29, 0.717) is 18.4 Å². The zero-order chi connectivity index (χ0) is 31.8. The quantitative estimate of drug-likeness (QED) is 0.236. The fraction of sp³-hybridized carbons (Fsp3) is 0.393. The molecule has 10 nitrogen and oxygen atoms in total. The summed E-state index contributed by atoms with van der Waals surface area (Å²) in [5, 5.41) is 7.82. The normalized spacial score (nSPS) is 15.9. The van der Waals surface area contributed by atoms with Crippen molar-refractivity contribution in [1.29, 1.82) is 0 Å². The molecule has 1 atom stereocenters. The van der Waals surface area contributed by atoms with E-state index in [1.807, 2.05) is 0 Å². The van der Waals surface area contributed by atoms with Crippen molar-refractivity contribution in [3.05, 3.63) is 59.3 Å². The molecule has 0 bridgehead atoms. The Balaban J connectivity index is 1.66. The van der Waals surface area contributed by atoms with Crippen LogP contribution in [0.4, 0.5) is 33.5 Å². The summed E-state index contributed by atoms with van der Waals surface area (Å²) >= 11 is 0. The van der Waals surface area contributed by atoms with Crippen molar-refractivity contribution in [2.75, 3.05) is 36.6 Å². The first-order valence-corrected chi connectivity index (χ1v) is 15.4. The molecule has 44 heavy (non-hydrogen) atoms. The van der Waals surface area contributed by atoms with Crippen LogP contribution in [0.2, 0.25) is 0 Å². The first kappa shape index (κ1) is 31.4. The Bertz CT molecular complexity index is 1790. The molecule has 0 amide bonds. The molecule has 236 valence electrons. The van der Waals surface area contributed by atoms with Crippen molar-refractivity contribution in [2.24, 2.45) is 0 Å². The van der Waals surface area contributed by atoms with Gasteiger partial charge in [-0.05, 0) is 60.7 Å². The first-order valence-electron chi connectivity index (χ1n) is 13.5. The first-order chi connectivity index (χ1) is 20.7. The Hall–Kier alpha value is -4.05. The molecule has 1 N–H and O–H groups in total. The number of hydrogen-bond donors (Lipinski definition) is 1. The minimum Gasteiger partial charge on any atom is -0.494 e. The largest absolute Gasteiger partial charge is 0.494 e. The van der Waals surface area contributed by atoms with Crippen LogP contribution in [-0.4, -0.2) is 61.4 Å². The number of ether oxygens (including phenoxy) is 2. The summed E-state index contributed by atoms with van der Waals surface area (Å²) in [4.78, 5) is 8.98. The molecule has 2 aromatic carbocycles. The Labute approximate surface area is 249 Å². The number of rotatable bonds is 9. The third kappa shape index (κ3) is 6.70. The van der Waals surface area contributed by atoms with Gasteiger partial charge >= 0.3 is 6.18 Å². The molecular formula is C28H29F5N6O4S. The molecular weight excluding hydrogens is 611 g/mol. The van der Waals surface area contributed by atoms with E-state index in [0.717, 1.165) is 54.8 Å². The summed E-state index contributed by atoms with van der Waals surface area (Å²) in [5.74, 6) is -2.04. The lowest BCUT2D eigenvalue weighted by molar-refractivity contribution is -0.127. The molecule has 1 saturated heterocycles. The standard InChI is InChI=1S/C28H29F5N6O4S/c1-38(44(3,40)41)22-8-7-18(29)10-17(22)14-34-25-20-15-35-39(24-6-4-5-9-43-24)27(20)37-26(36-25)19-12-21(30)23(42-2)11-16(19)13-28(31,32)33/h7-8,10-12,15,24H,4-6,9,13-14H2,1-3H3,(H,34,36,37). The van der Waals surface area contributed by atoms with Gasteiger partial charge in [0, 0.05) is 25.8 Å². The second-order valence-electron chi connectivity index (χ2n) is 10.3. The predicted octanol–water partition coefficient (Wildman–Crippen LogP) is 5.59. The lowest BCUT2D eigenvalue weighted by Gasteiger charge is -2.23. The van der Waals surface area contributed by atoms with Gasteiger partial charge < -0.3 is 14.8 Å². The molecule has 0 spiro atoms. The lowest BCUT2D eigenvalue weighted by atomic mass is 10.0. The fourth-order valence-electron chi connectivity index (χ4n) is 4.99. The number of fused-ring (bicyclic) bond motifs is 1. The van der Waals surface area contributed by atoms with E-state index in [2.05, 4.69) is 20.4 Å². The Morgan fingerprint density at radius 3 is 2.57 bits per heavy atom. The van der Waals surface area contributed by atoms with Gasteiger partial charge in [0.05, 0.1) is 37.1 Å². The highest BCUT2D eigenvalue weighted by Crippen LogP contribution is 2.36. The van der Waals surface area contributed by atoms with Crippen molar-refractivity contribution in [2.45, 2.75) is 44.6 Å². The number of nitrogens with zero attached hydrogens (tertiary/aromatic N) is 5. The minimum absolute atomic E-state index is 0.0958. The predicted molar refractivity (Wildman–Crippen MR) is 153 cm³/mol. The highest BCUT2D eigenvalue weighted by atomic mass is 32.2. The maximum Gasteiger partial charge on any atom is 0.393 e. The van der Waals surface area contributed by atoms with Crippen LogP contribution in [0, 0.1) is 11.6 Å². The number of anilines is 2. The average molecular weight is 641 g/mol. The summed E-state index contributed by atoms with van der Waals surface area (Å²) in [6.45, 7) is 0.334. The maximum atomic E-state index is 14.9. The molecule has 3 heterocycles. The van der Waals surface area contributed by atoms with Gasteiger partial charge in [0.1, 0.15) is 11.6 Å². The SMILES string of the molecule is COc1cc(CC(F)(F)F)c(-c2nc(NCc3cc(F)ccc3N(C)S(C)(=O)=O)c3cnn(C4CCCCO4)c3n2)cc1F. The van der Waals surface area contributed by atoms with E-state index < -0.39 is 40.5 Å². The number of aromatic nitrogens is 4. The number of nitrogens with one attached hydrogen (secondary N) is 1. The molecule has 1 aliphatic rings. The molecule has 16 heteroatoms. The van der Waals surface area contributed by atoms with Crippen LogP contribution in [0.15, 0.2) is 36.5 Å². The Morgan fingerprint density at radius 1 is 1.14 bits per heavy atom. The molecule has 1 aliphatic heterocycles. The van der Waals surface area contributed by atoms with Gasteiger partial charge in [-0.15, -0.1) is 0 Å². The van der Waals surface area contributed by atoms with Gasteiger partial charge in [0.25, 0.3) is 0 Å². The molecule has 4 aromatic rings. The number of methoxy groups -OCH3 is 1. The van der Waals surface area contributed by atoms with Gasteiger partial charge in [0.2, 0.25) is 10.0 Å². The van der Waals surface area contributed by atoms with Crippen LogP contribution in [0.3, 0.4) is 0 Å². The fourth-order valence-corrected chi connectivity index (χ4v) is 5.53. The molecule has 1 fully saturated rings. The van der Waals surface area contributed by atoms with Crippen molar-refractivity contribution in [3.8, 4) is 17.1 Å². The molecule has 1 unspecified atom stereocenters. The highest BCUT2D eigenvalue weighted by Gasteiger charge is 2.31. The van der Waals surface area contributed by atoms with Gasteiger partial charge in [-0.25, -0.2) is 31.8 Å². The van der Waals surface area contributed by atoms with Crippen LogP contribution in [-0.2, 0) is 27.7 Å². The second-order valence-corrected chi connectivity index (χ2v) is 12.4. The van der Waals surface area contributed by atoms with E-state index in [-0.39, 0.29) is 52.0 Å². The molecule has 2 aromatic heterocycles. The van der Waals surface area contributed by atoms with Crippen LogP contribution in [0.1, 0.15) is 36.6 Å². The van der Waals surface area contributed by atoms with E-state index in [4.69, 9.17) is 9.47 Å². The summed E-state index contributed by atoms with van der Waals surface area (Å²) in [6, 6.07) is 5.43. The van der Waals surface area contributed by atoms with E-state index in [1.165, 1.54) is 24.0 Å². The van der Waals surface area contributed by atoms with Gasteiger partial charge in [0.15, 0.2) is 29.3 Å². The Kier molecular flexibility index (Phi) is 8.66. The number of halogens is 5. The molecule has 0 aliphatic carbocycles. The Morgan fingerprint density at radius 2 is 1.91 bits per heavy atom. The smallest absolute Gasteiger partial charge is 0.393 e. The third-order valence-electron chi connectivity index (χ3n) is 7.22. The topological polar surface area (TPSA) is 111 Å². The van der Waals surface area contributed by atoms with Gasteiger partial charge in [-0.3, -0.25) is 4.31 Å². The lowest BCUT2D eigenvalue weighted by Crippen LogP contribution is -2.26. The van der Waals surface area contributed by atoms with Crippen LogP contribution in [0.25, 0.3) is 22.4 Å². The molecule has 5 rings (SSSR count). The monoisotopic (exact) mass is 640 g/mol. The summed E-state index contributed by atoms with van der Waals surface area (Å²) < 4.78 is 108. The van der Waals surface area contributed by atoms with Crippen molar-refractivity contribution in [3.63, 3.8) is 0 Å². The van der Waals surface area contributed by atoms with Gasteiger partial charge in [-0.2, -0.15) is 18.3 Å². The molecule has 0 radical (unpaired) electrons. The van der Waals surface area contributed by atoms with Crippen LogP contribution in [0.5, 0.6) is 5.75 Å². The van der Waals surface area contributed by atoms with Crippen LogP contribution < -0.4 is 14.4 Å². The molecule has 0 saturated carbocycles. The number of hydrogen-bond acceptors (Lipinski definition) is 8. The zero-order valence-corrected chi connectivity index (χ0v) is 24.8. The minimum atomic E-state index is -4.64. The second kappa shape index (κ2) is 12.1. The van der Waals surface area contributed by atoms with E-state index in [9.17, 15) is 30.4 Å². The van der Waals surface area contributed by atoms with E-state index in [1.54, 1.807) is 0 Å². The average Bonchev–Trinajstić information content (AvgIpc) is 3.40. The van der Waals surface area contributed by atoms with Crippen molar-refractivity contribution in [1.82, 2.24) is 19.7 Å². The number of benzene rings is 2. The number of sulfonamides is 1. The third-order valence-corrected chi connectivity index (χ3v) is 8.41.